The number of H-pyrrole nitrogens is 1. The number of ether oxygens (including phenoxy) is 3. The number of carbonyl (C=O) groups is 3. The predicted molar refractivity (Wildman–Crippen MR) is 226 cm³/mol. The molecule has 0 radical (unpaired) electrons. The minimum Gasteiger partial charge on any atom is -0.493 e. The first-order valence-corrected chi connectivity index (χ1v) is 21.0. The fourth-order valence-corrected chi connectivity index (χ4v) is 8.16. The lowest BCUT2D eigenvalue weighted by Crippen LogP contribution is -2.30. The number of benzene rings is 4. The summed E-state index contributed by atoms with van der Waals surface area (Å²) in [5.41, 5.74) is 8.93. The van der Waals surface area contributed by atoms with Gasteiger partial charge in [0, 0.05) is 53.3 Å². The Labute approximate surface area is 346 Å². The van der Waals surface area contributed by atoms with Gasteiger partial charge in [-0.15, -0.1) is 0 Å². The second-order valence-electron chi connectivity index (χ2n) is 15.1. The van der Waals surface area contributed by atoms with Crippen molar-refractivity contribution >= 4 is 50.2 Å². The molecule has 4 aromatic carbocycles. The molecule has 1 aliphatic carbocycles. The van der Waals surface area contributed by atoms with Crippen molar-refractivity contribution in [2.45, 2.75) is 70.3 Å². The van der Waals surface area contributed by atoms with E-state index in [2.05, 4.69) is 9.97 Å². The standard InChI is InChI=1S/C47H47F2N3O6S/c1-56-42-27-35-39(28-43(42)57-21-7-3-2-4-8-22-59-46(55)37(50)26-32-29-52-38-10-6-5-9-34(32)38)51-20-17-40(35)58-41-16-13-31(23-36(41)49)25-45(54)47(18-19-47)44(53)24-30-11-14-33(48)15-12-30/h5-6,9-17,20,23,27-29,37,52H,2-4,7-8,18-19,21-22,24-26,50H2,1H3/t37-/m0/s1. The number of para-hydroxylation sites is 1. The van der Waals surface area contributed by atoms with Gasteiger partial charge in [0.1, 0.15) is 11.6 Å². The van der Waals surface area contributed by atoms with E-state index in [1.54, 1.807) is 49.7 Å². The zero-order valence-corrected chi connectivity index (χ0v) is 33.8. The van der Waals surface area contributed by atoms with Crippen LogP contribution >= 0.6 is 11.8 Å². The average molecular weight is 820 g/mol. The maximum atomic E-state index is 15.4. The lowest BCUT2D eigenvalue weighted by Gasteiger charge is -2.15. The van der Waals surface area contributed by atoms with E-state index >= 15 is 4.39 Å². The second-order valence-corrected chi connectivity index (χ2v) is 16.2. The van der Waals surface area contributed by atoms with Crippen molar-refractivity contribution in [3.63, 3.8) is 0 Å². The molecular formula is C47H47F2N3O6S. The van der Waals surface area contributed by atoms with Crippen LogP contribution in [0.3, 0.4) is 0 Å². The van der Waals surface area contributed by atoms with Crippen molar-refractivity contribution in [1.29, 1.82) is 0 Å². The van der Waals surface area contributed by atoms with Gasteiger partial charge in [-0.2, -0.15) is 0 Å². The molecule has 0 saturated heterocycles. The molecular weight excluding hydrogens is 773 g/mol. The van der Waals surface area contributed by atoms with Crippen molar-refractivity contribution in [2.75, 3.05) is 19.5 Å². The number of thioether (sulfide) groups is 1. The van der Waals surface area contributed by atoms with Crippen molar-refractivity contribution in [1.82, 2.24) is 9.97 Å². The molecule has 59 heavy (non-hydrogen) atoms. The largest absolute Gasteiger partial charge is 0.493 e. The summed E-state index contributed by atoms with van der Waals surface area (Å²) in [4.78, 5) is 46.7. The van der Waals surface area contributed by atoms with E-state index in [4.69, 9.17) is 19.9 Å². The van der Waals surface area contributed by atoms with Crippen LogP contribution < -0.4 is 19.9 Å². The number of nitrogens with zero attached hydrogens (tertiary/aromatic N) is 1. The molecule has 2 aromatic heterocycles. The van der Waals surface area contributed by atoms with Gasteiger partial charge in [-0.05, 0) is 91.3 Å². The number of pyridine rings is 1. The van der Waals surface area contributed by atoms with Crippen LogP contribution in [-0.2, 0) is 33.6 Å². The number of methoxy groups -OCH3 is 1. The number of rotatable bonds is 21. The molecule has 306 valence electrons. The Balaban J connectivity index is 0.852. The van der Waals surface area contributed by atoms with Gasteiger partial charge in [0.25, 0.3) is 0 Å². The van der Waals surface area contributed by atoms with Gasteiger partial charge >= 0.3 is 0 Å². The smallest absolute Gasteiger partial charge is 0.205 e. The summed E-state index contributed by atoms with van der Waals surface area (Å²) < 4.78 is 46.5. The Morgan fingerprint density at radius 3 is 2.31 bits per heavy atom. The summed E-state index contributed by atoms with van der Waals surface area (Å²) in [5, 5.41) is 1.72. The third-order valence-electron chi connectivity index (χ3n) is 10.9. The van der Waals surface area contributed by atoms with Gasteiger partial charge in [-0.3, -0.25) is 19.4 Å². The topological polar surface area (TPSA) is 134 Å². The third kappa shape index (κ3) is 10.2. The summed E-state index contributed by atoms with van der Waals surface area (Å²) in [5.74, 6) is 0.608. The van der Waals surface area contributed by atoms with Crippen molar-refractivity contribution < 1.29 is 37.4 Å². The van der Waals surface area contributed by atoms with Gasteiger partial charge < -0.3 is 24.9 Å². The molecule has 1 atom stereocenters. The van der Waals surface area contributed by atoms with E-state index in [1.807, 2.05) is 30.5 Å². The lowest BCUT2D eigenvalue weighted by molar-refractivity contribution is -0.133. The number of ketones is 2. The highest BCUT2D eigenvalue weighted by Gasteiger charge is 2.54. The molecule has 1 saturated carbocycles. The summed E-state index contributed by atoms with van der Waals surface area (Å²) in [6.07, 6.45) is 9.65. The van der Waals surface area contributed by atoms with Crippen LogP contribution in [0, 0.1) is 17.0 Å². The fourth-order valence-electron chi connectivity index (χ4n) is 7.31. The Morgan fingerprint density at radius 1 is 0.814 bits per heavy atom. The van der Waals surface area contributed by atoms with Gasteiger partial charge in [0.15, 0.2) is 34.6 Å². The van der Waals surface area contributed by atoms with Crippen molar-refractivity contribution in [2.24, 2.45) is 11.1 Å². The second kappa shape index (κ2) is 19.0. The summed E-state index contributed by atoms with van der Waals surface area (Å²) >= 11 is 1.32. The molecule has 0 amide bonds. The van der Waals surface area contributed by atoms with E-state index in [0.717, 1.165) is 54.3 Å². The molecule has 0 aliphatic heterocycles. The number of carbonyl (C=O) groups excluding carboxylic acids is 3. The van der Waals surface area contributed by atoms with Crippen LogP contribution in [0.15, 0.2) is 97.3 Å². The highest BCUT2D eigenvalue weighted by molar-refractivity contribution is 8.13. The number of hydrogen-bond donors (Lipinski definition) is 2. The maximum Gasteiger partial charge on any atom is 0.205 e. The Kier molecular flexibility index (Phi) is 13.4. The zero-order valence-electron chi connectivity index (χ0n) is 32.9. The van der Waals surface area contributed by atoms with E-state index in [-0.39, 0.29) is 35.3 Å². The van der Waals surface area contributed by atoms with E-state index < -0.39 is 23.1 Å². The van der Waals surface area contributed by atoms with Crippen LogP contribution in [0.1, 0.15) is 61.6 Å². The molecule has 12 heteroatoms. The van der Waals surface area contributed by atoms with Crippen LogP contribution in [0.5, 0.6) is 23.0 Å². The minimum atomic E-state index is -1.07. The molecule has 0 bridgehead atoms. The molecule has 1 aliphatic rings. The quantitative estimate of drug-likeness (QED) is 0.0538. The number of nitrogens with one attached hydrogen (secondary N) is 1. The molecule has 7 rings (SSSR count). The molecule has 2 heterocycles. The first-order valence-electron chi connectivity index (χ1n) is 20.0. The number of aromatic amines is 1. The van der Waals surface area contributed by atoms with Crippen LogP contribution in [0.4, 0.5) is 8.78 Å². The van der Waals surface area contributed by atoms with Crippen LogP contribution in [0.2, 0.25) is 0 Å². The zero-order chi connectivity index (χ0) is 41.4. The molecule has 0 spiro atoms. The number of Topliss-reactive ketones (excluding diaryl/α,β-unsaturated/α-hetero) is 2. The van der Waals surface area contributed by atoms with Crippen LogP contribution in [-0.4, -0.2) is 52.2 Å². The SMILES string of the molecule is COc1cc2c(Oc3ccc(CC(=O)C4(C(=O)Cc5ccc(F)cc5)CC4)cc3F)ccnc2cc1OCCCCCCCSC(=O)[C@@H](N)Cc1c[nH]c2ccccc12. The molecule has 3 N–H and O–H groups in total. The van der Waals surface area contributed by atoms with E-state index in [1.165, 1.54) is 36.0 Å². The lowest BCUT2D eigenvalue weighted by atomic mass is 9.88. The van der Waals surface area contributed by atoms with Crippen molar-refractivity contribution in [3.8, 4) is 23.0 Å². The number of nitrogens with two attached hydrogens (primary N) is 1. The number of unbranched alkanes of at least 4 members (excludes halogenated alkanes) is 4. The van der Waals surface area contributed by atoms with Gasteiger partial charge in [-0.25, -0.2) is 8.78 Å². The van der Waals surface area contributed by atoms with E-state index in [9.17, 15) is 18.8 Å². The monoisotopic (exact) mass is 819 g/mol. The Bertz CT molecular complexity index is 2450. The number of hydrogen-bond acceptors (Lipinski definition) is 9. The Morgan fingerprint density at radius 2 is 1.54 bits per heavy atom. The fraction of sp³-hybridized carbons (Fsp3) is 0.319. The molecule has 9 nitrogen and oxygen atoms in total. The summed E-state index contributed by atoms with van der Waals surface area (Å²) in [6.45, 7) is 0.484. The van der Waals surface area contributed by atoms with Gasteiger partial charge in [0.2, 0.25) is 5.12 Å². The van der Waals surface area contributed by atoms with Crippen molar-refractivity contribution in [3.05, 3.63) is 126 Å². The Hall–Kier alpha value is -5.59. The molecule has 6 aromatic rings. The molecule has 0 unspecified atom stereocenters. The first-order chi connectivity index (χ1) is 28.6. The number of fused-ring (bicyclic) bond motifs is 2. The maximum absolute atomic E-state index is 15.4. The van der Waals surface area contributed by atoms with Crippen LogP contribution in [0.25, 0.3) is 21.8 Å². The van der Waals surface area contributed by atoms with Gasteiger partial charge in [0.05, 0.1) is 30.7 Å². The highest BCUT2D eigenvalue weighted by atomic mass is 32.2. The van der Waals surface area contributed by atoms with Gasteiger partial charge in [-0.1, -0.05) is 67.4 Å². The normalized spacial score (nSPS) is 13.6. The third-order valence-corrected chi connectivity index (χ3v) is 12.0. The summed E-state index contributed by atoms with van der Waals surface area (Å²) in [7, 11) is 1.55. The first kappa shape index (κ1) is 41.6. The van der Waals surface area contributed by atoms with E-state index in [0.29, 0.717) is 65.1 Å². The molecule has 1 fully saturated rings. The predicted octanol–water partition coefficient (Wildman–Crippen LogP) is 9.66. The number of halogens is 2. The average Bonchev–Trinajstić information content (AvgIpc) is 3.97. The number of aromatic nitrogens is 2. The minimum absolute atomic E-state index is 0.0203. The highest BCUT2D eigenvalue weighted by Crippen LogP contribution is 2.49. The summed E-state index contributed by atoms with van der Waals surface area (Å²) in [6, 6.07) is 22.7.